The summed E-state index contributed by atoms with van der Waals surface area (Å²) < 4.78 is 5.99. The van der Waals surface area contributed by atoms with Gasteiger partial charge in [0, 0.05) is 25.3 Å². The molecule has 2 fully saturated rings. The summed E-state index contributed by atoms with van der Waals surface area (Å²) in [5, 5.41) is 3.32. The van der Waals surface area contributed by atoms with Crippen molar-refractivity contribution in [2.75, 3.05) is 18.9 Å². The van der Waals surface area contributed by atoms with Crippen LogP contribution in [0.4, 0.5) is 5.69 Å². The minimum atomic E-state index is -0.0956. The third-order valence-corrected chi connectivity index (χ3v) is 4.21. The van der Waals surface area contributed by atoms with E-state index < -0.39 is 0 Å². The standard InChI is InChI=1S/C16H22N2O2/c1-18-10-9-15(16(18)19)17-12-5-4-8-14(11-12)20-13-6-2-3-7-13/h4-5,8,11,13,15,17H,2-3,6-7,9-10H2,1H3. The van der Waals surface area contributed by atoms with E-state index in [1.54, 1.807) is 4.90 Å². The second kappa shape index (κ2) is 5.73. The molecule has 1 amide bonds. The van der Waals surface area contributed by atoms with Crippen LogP contribution in [0.15, 0.2) is 24.3 Å². The molecule has 1 aliphatic carbocycles. The van der Waals surface area contributed by atoms with Crippen LogP contribution in [0.1, 0.15) is 32.1 Å². The number of likely N-dealkylation sites (N-methyl/N-ethyl adjacent to an activating group) is 1. The topological polar surface area (TPSA) is 41.6 Å². The smallest absolute Gasteiger partial charge is 0.244 e. The number of hydrogen-bond acceptors (Lipinski definition) is 3. The average molecular weight is 274 g/mol. The summed E-state index contributed by atoms with van der Waals surface area (Å²) in [7, 11) is 1.85. The van der Waals surface area contributed by atoms with E-state index in [-0.39, 0.29) is 11.9 Å². The Kier molecular flexibility index (Phi) is 3.81. The van der Waals surface area contributed by atoms with Crippen molar-refractivity contribution < 1.29 is 9.53 Å². The maximum Gasteiger partial charge on any atom is 0.244 e. The SMILES string of the molecule is CN1CCC(Nc2cccc(OC3CCCC3)c2)C1=O. The molecule has 0 aromatic heterocycles. The number of nitrogens with one attached hydrogen (secondary N) is 1. The fourth-order valence-electron chi connectivity index (χ4n) is 3.02. The van der Waals surface area contributed by atoms with Gasteiger partial charge >= 0.3 is 0 Å². The van der Waals surface area contributed by atoms with Gasteiger partial charge in [0.1, 0.15) is 11.8 Å². The molecule has 1 saturated carbocycles. The second-order valence-corrected chi connectivity index (χ2v) is 5.80. The lowest BCUT2D eigenvalue weighted by molar-refractivity contribution is -0.127. The minimum Gasteiger partial charge on any atom is -0.490 e. The molecule has 20 heavy (non-hydrogen) atoms. The number of rotatable bonds is 4. The van der Waals surface area contributed by atoms with Gasteiger partial charge in [-0.05, 0) is 44.2 Å². The molecule has 1 unspecified atom stereocenters. The molecule has 0 spiro atoms. The van der Waals surface area contributed by atoms with Crippen molar-refractivity contribution in [3.05, 3.63) is 24.3 Å². The third kappa shape index (κ3) is 2.89. The first-order valence-electron chi connectivity index (χ1n) is 7.50. The van der Waals surface area contributed by atoms with Gasteiger partial charge in [-0.1, -0.05) is 6.07 Å². The highest BCUT2D eigenvalue weighted by atomic mass is 16.5. The van der Waals surface area contributed by atoms with Crippen LogP contribution in [-0.2, 0) is 4.79 Å². The molecule has 3 rings (SSSR count). The first-order valence-corrected chi connectivity index (χ1v) is 7.50. The normalized spacial score (nSPS) is 23.4. The van der Waals surface area contributed by atoms with Crippen LogP contribution in [0.2, 0.25) is 0 Å². The Balaban J connectivity index is 1.63. The predicted molar refractivity (Wildman–Crippen MR) is 79.0 cm³/mol. The fraction of sp³-hybridized carbons (Fsp3) is 0.562. The van der Waals surface area contributed by atoms with Gasteiger partial charge in [0.25, 0.3) is 0 Å². The quantitative estimate of drug-likeness (QED) is 0.917. The maximum atomic E-state index is 11.9. The van der Waals surface area contributed by atoms with E-state index in [4.69, 9.17) is 4.74 Å². The van der Waals surface area contributed by atoms with Crippen molar-refractivity contribution in [2.24, 2.45) is 0 Å². The Labute approximate surface area is 120 Å². The molecule has 0 radical (unpaired) electrons. The number of carbonyl (C=O) groups excluding carboxylic acids is 1. The predicted octanol–water partition coefficient (Wildman–Crippen LogP) is 2.65. The fourth-order valence-corrected chi connectivity index (χ4v) is 3.02. The van der Waals surface area contributed by atoms with E-state index in [1.807, 2.05) is 31.3 Å². The molecule has 1 aromatic carbocycles. The van der Waals surface area contributed by atoms with Crippen LogP contribution in [0.25, 0.3) is 0 Å². The van der Waals surface area contributed by atoms with Gasteiger partial charge in [0.2, 0.25) is 5.91 Å². The molecule has 1 heterocycles. The summed E-state index contributed by atoms with van der Waals surface area (Å²) in [6.45, 7) is 0.828. The number of likely N-dealkylation sites (tertiary alicyclic amines) is 1. The molecule has 1 saturated heterocycles. The van der Waals surface area contributed by atoms with Gasteiger partial charge in [-0.15, -0.1) is 0 Å². The van der Waals surface area contributed by atoms with Crippen molar-refractivity contribution in [1.82, 2.24) is 4.90 Å². The van der Waals surface area contributed by atoms with Crippen LogP contribution in [0.3, 0.4) is 0 Å². The molecular weight excluding hydrogens is 252 g/mol. The number of nitrogens with zero attached hydrogens (tertiary/aromatic N) is 1. The average Bonchev–Trinajstić information content (AvgIpc) is 3.05. The monoisotopic (exact) mass is 274 g/mol. The Bertz CT molecular complexity index is 483. The number of amides is 1. The van der Waals surface area contributed by atoms with E-state index in [2.05, 4.69) is 5.32 Å². The van der Waals surface area contributed by atoms with Gasteiger partial charge in [-0.3, -0.25) is 4.79 Å². The second-order valence-electron chi connectivity index (χ2n) is 5.80. The first kappa shape index (κ1) is 13.3. The van der Waals surface area contributed by atoms with Crippen LogP contribution >= 0.6 is 0 Å². The molecular formula is C16H22N2O2. The van der Waals surface area contributed by atoms with Crippen LogP contribution in [0, 0.1) is 0 Å². The maximum absolute atomic E-state index is 11.9. The van der Waals surface area contributed by atoms with Gasteiger partial charge in [0.05, 0.1) is 6.10 Å². The van der Waals surface area contributed by atoms with Crippen LogP contribution < -0.4 is 10.1 Å². The first-order chi connectivity index (χ1) is 9.72. The Morgan fingerprint density at radius 1 is 1.25 bits per heavy atom. The Hall–Kier alpha value is -1.71. The van der Waals surface area contributed by atoms with Crippen LogP contribution in [0.5, 0.6) is 5.75 Å². The third-order valence-electron chi connectivity index (χ3n) is 4.21. The van der Waals surface area contributed by atoms with E-state index in [0.717, 1.165) is 37.2 Å². The van der Waals surface area contributed by atoms with E-state index in [1.165, 1.54) is 12.8 Å². The zero-order valence-electron chi connectivity index (χ0n) is 12.0. The zero-order chi connectivity index (χ0) is 13.9. The highest BCUT2D eigenvalue weighted by molar-refractivity contribution is 5.86. The number of benzene rings is 1. The van der Waals surface area contributed by atoms with Gasteiger partial charge in [-0.2, -0.15) is 0 Å². The van der Waals surface area contributed by atoms with Gasteiger partial charge < -0.3 is 15.0 Å². The van der Waals surface area contributed by atoms with E-state index in [0.29, 0.717) is 6.10 Å². The highest BCUT2D eigenvalue weighted by Gasteiger charge is 2.28. The molecule has 1 atom stereocenters. The zero-order valence-corrected chi connectivity index (χ0v) is 12.0. The lowest BCUT2D eigenvalue weighted by atomic mass is 10.2. The summed E-state index contributed by atoms with van der Waals surface area (Å²) in [5.74, 6) is 1.08. The number of hydrogen-bond donors (Lipinski definition) is 1. The largest absolute Gasteiger partial charge is 0.490 e. The molecule has 2 aliphatic rings. The molecule has 4 nitrogen and oxygen atoms in total. The Morgan fingerprint density at radius 3 is 2.75 bits per heavy atom. The summed E-state index contributed by atoms with van der Waals surface area (Å²) in [4.78, 5) is 13.7. The summed E-state index contributed by atoms with van der Waals surface area (Å²) in [5.41, 5.74) is 0.967. The molecule has 1 aromatic rings. The van der Waals surface area contributed by atoms with Crippen molar-refractivity contribution in [3.63, 3.8) is 0 Å². The van der Waals surface area contributed by atoms with E-state index in [9.17, 15) is 4.79 Å². The van der Waals surface area contributed by atoms with Crippen molar-refractivity contribution in [2.45, 2.75) is 44.2 Å². The lowest BCUT2D eigenvalue weighted by Crippen LogP contribution is -2.30. The number of ether oxygens (including phenoxy) is 1. The minimum absolute atomic E-state index is 0.0956. The molecule has 1 N–H and O–H groups in total. The number of anilines is 1. The summed E-state index contributed by atoms with van der Waals surface area (Å²) >= 11 is 0. The van der Waals surface area contributed by atoms with E-state index >= 15 is 0 Å². The number of carbonyl (C=O) groups is 1. The molecule has 4 heteroatoms. The Morgan fingerprint density at radius 2 is 2.05 bits per heavy atom. The lowest BCUT2D eigenvalue weighted by Gasteiger charge is -2.16. The highest BCUT2D eigenvalue weighted by Crippen LogP contribution is 2.26. The van der Waals surface area contributed by atoms with Crippen molar-refractivity contribution in [3.8, 4) is 5.75 Å². The summed E-state index contributed by atoms with van der Waals surface area (Å²) in [6.07, 6.45) is 6.08. The molecule has 0 bridgehead atoms. The van der Waals surface area contributed by atoms with Crippen molar-refractivity contribution >= 4 is 11.6 Å². The summed E-state index contributed by atoms with van der Waals surface area (Å²) in [6, 6.07) is 7.88. The van der Waals surface area contributed by atoms with Crippen LogP contribution in [-0.4, -0.2) is 36.5 Å². The van der Waals surface area contributed by atoms with Crippen molar-refractivity contribution in [1.29, 1.82) is 0 Å². The molecule has 1 aliphatic heterocycles. The molecule has 108 valence electrons. The van der Waals surface area contributed by atoms with Gasteiger partial charge in [0.15, 0.2) is 0 Å². The van der Waals surface area contributed by atoms with Gasteiger partial charge in [-0.25, -0.2) is 0 Å².